The van der Waals surface area contributed by atoms with Gasteiger partial charge in [0.2, 0.25) is 0 Å². The third-order valence-electron chi connectivity index (χ3n) is 3.16. The number of halogens is 1. The van der Waals surface area contributed by atoms with Crippen LogP contribution in [0.4, 0.5) is 11.4 Å². The van der Waals surface area contributed by atoms with Crippen LogP contribution in [-0.4, -0.2) is 42.0 Å². The maximum atomic E-state index is 12.1. The molecule has 1 aliphatic rings. The van der Waals surface area contributed by atoms with Crippen molar-refractivity contribution in [2.24, 2.45) is 0 Å². The third kappa shape index (κ3) is 3.86. The standard InChI is InChI=1S/C14H18ClN3O3/c1-8-6-18(7-9(2)21-8)14(20)13(19)17-10-3-4-12(16)11(15)5-10/h3-5,8-9H,6-7,16H2,1-2H3,(H,17,19). The SMILES string of the molecule is CC1CN(C(=O)C(=O)Nc2ccc(N)c(Cl)c2)CC(C)O1. The van der Waals surface area contributed by atoms with Gasteiger partial charge in [0.15, 0.2) is 0 Å². The van der Waals surface area contributed by atoms with Gasteiger partial charge in [-0.05, 0) is 32.0 Å². The fourth-order valence-corrected chi connectivity index (χ4v) is 2.46. The molecule has 1 fully saturated rings. The Morgan fingerprint density at radius 1 is 1.33 bits per heavy atom. The molecule has 0 spiro atoms. The number of carbonyl (C=O) groups is 2. The predicted octanol–water partition coefficient (Wildman–Crippen LogP) is 1.50. The number of amides is 2. The molecule has 2 unspecified atom stereocenters. The van der Waals surface area contributed by atoms with Gasteiger partial charge in [-0.15, -0.1) is 0 Å². The smallest absolute Gasteiger partial charge is 0.313 e. The molecule has 21 heavy (non-hydrogen) atoms. The van der Waals surface area contributed by atoms with Crippen LogP contribution >= 0.6 is 11.6 Å². The summed E-state index contributed by atoms with van der Waals surface area (Å²) in [6.45, 7) is 4.54. The van der Waals surface area contributed by atoms with Crippen molar-refractivity contribution >= 4 is 34.8 Å². The molecule has 3 N–H and O–H groups in total. The zero-order chi connectivity index (χ0) is 15.6. The number of hydrogen-bond donors (Lipinski definition) is 2. The number of nitrogens with one attached hydrogen (secondary N) is 1. The number of nitrogens with zero attached hydrogens (tertiary/aromatic N) is 1. The molecule has 1 aromatic carbocycles. The van der Waals surface area contributed by atoms with E-state index in [2.05, 4.69) is 5.32 Å². The summed E-state index contributed by atoms with van der Waals surface area (Å²) < 4.78 is 5.54. The minimum atomic E-state index is -0.697. The molecule has 2 rings (SSSR count). The number of anilines is 2. The van der Waals surface area contributed by atoms with Crippen molar-refractivity contribution in [3.63, 3.8) is 0 Å². The van der Waals surface area contributed by atoms with Crippen LogP contribution in [-0.2, 0) is 14.3 Å². The largest absolute Gasteiger partial charge is 0.398 e. The topological polar surface area (TPSA) is 84.7 Å². The molecule has 1 heterocycles. The molecular formula is C14H18ClN3O3. The summed E-state index contributed by atoms with van der Waals surface area (Å²) in [5.41, 5.74) is 6.44. The predicted molar refractivity (Wildman–Crippen MR) is 81.1 cm³/mol. The Morgan fingerprint density at radius 2 is 1.95 bits per heavy atom. The number of benzene rings is 1. The van der Waals surface area contributed by atoms with Gasteiger partial charge in [0.1, 0.15) is 0 Å². The molecule has 1 aliphatic heterocycles. The van der Waals surface area contributed by atoms with Crippen molar-refractivity contribution in [1.29, 1.82) is 0 Å². The lowest BCUT2D eigenvalue weighted by molar-refractivity contribution is -0.151. The van der Waals surface area contributed by atoms with Crippen LogP contribution in [0.3, 0.4) is 0 Å². The fourth-order valence-electron chi connectivity index (χ4n) is 2.28. The molecule has 0 radical (unpaired) electrons. The van der Waals surface area contributed by atoms with Gasteiger partial charge in [0.05, 0.1) is 22.9 Å². The number of hydrogen-bond acceptors (Lipinski definition) is 4. The maximum absolute atomic E-state index is 12.1. The number of nitrogens with two attached hydrogens (primary N) is 1. The second-order valence-corrected chi connectivity index (χ2v) is 5.57. The van der Waals surface area contributed by atoms with Crippen LogP contribution < -0.4 is 11.1 Å². The molecule has 0 aliphatic carbocycles. The molecule has 0 aromatic heterocycles. The lowest BCUT2D eigenvalue weighted by Crippen LogP contribution is -2.51. The highest BCUT2D eigenvalue weighted by Crippen LogP contribution is 2.22. The monoisotopic (exact) mass is 311 g/mol. The van der Waals surface area contributed by atoms with Crippen molar-refractivity contribution in [2.45, 2.75) is 26.1 Å². The molecule has 6 nitrogen and oxygen atoms in total. The van der Waals surface area contributed by atoms with Gasteiger partial charge in [-0.2, -0.15) is 0 Å². The number of nitrogen functional groups attached to an aromatic ring is 1. The quantitative estimate of drug-likeness (QED) is 0.608. The van der Waals surface area contributed by atoms with Crippen molar-refractivity contribution in [1.82, 2.24) is 4.90 Å². The first kappa shape index (κ1) is 15.6. The zero-order valence-corrected chi connectivity index (χ0v) is 12.7. The molecule has 0 bridgehead atoms. The van der Waals surface area contributed by atoms with E-state index in [9.17, 15) is 9.59 Å². The van der Waals surface area contributed by atoms with Crippen molar-refractivity contribution in [3.05, 3.63) is 23.2 Å². The van der Waals surface area contributed by atoms with E-state index in [1.807, 2.05) is 13.8 Å². The van der Waals surface area contributed by atoms with Crippen LogP contribution in [0.25, 0.3) is 0 Å². The Kier molecular flexibility index (Phi) is 4.69. The summed E-state index contributed by atoms with van der Waals surface area (Å²) in [6, 6.07) is 4.67. The number of carbonyl (C=O) groups excluding carboxylic acids is 2. The van der Waals surface area contributed by atoms with Crippen molar-refractivity contribution < 1.29 is 14.3 Å². The molecule has 1 saturated heterocycles. The molecular weight excluding hydrogens is 294 g/mol. The van der Waals surface area contributed by atoms with Crippen LogP contribution in [0.2, 0.25) is 5.02 Å². The molecule has 2 atom stereocenters. The highest BCUT2D eigenvalue weighted by atomic mass is 35.5. The first-order valence-electron chi connectivity index (χ1n) is 6.67. The van der Waals surface area contributed by atoms with Crippen molar-refractivity contribution in [2.75, 3.05) is 24.1 Å². The summed E-state index contributed by atoms with van der Waals surface area (Å²) in [7, 11) is 0. The van der Waals surface area contributed by atoms with Crippen LogP contribution in [0.15, 0.2) is 18.2 Å². The fraction of sp³-hybridized carbons (Fsp3) is 0.429. The minimum Gasteiger partial charge on any atom is -0.398 e. The first-order chi connectivity index (χ1) is 9.86. The highest BCUT2D eigenvalue weighted by molar-refractivity contribution is 6.40. The Morgan fingerprint density at radius 3 is 2.52 bits per heavy atom. The maximum Gasteiger partial charge on any atom is 0.313 e. The summed E-state index contributed by atoms with van der Waals surface area (Å²) in [4.78, 5) is 25.6. The van der Waals surface area contributed by atoms with E-state index in [0.29, 0.717) is 29.5 Å². The average Bonchev–Trinajstić information content (AvgIpc) is 2.41. The summed E-state index contributed by atoms with van der Waals surface area (Å²) >= 11 is 5.88. The van der Waals surface area contributed by atoms with E-state index in [-0.39, 0.29) is 12.2 Å². The second kappa shape index (κ2) is 6.32. The third-order valence-corrected chi connectivity index (χ3v) is 3.49. The van der Waals surface area contributed by atoms with Gasteiger partial charge < -0.3 is 20.7 Å². The number of morpholine rings is 1. The van der Waals surface area contributed by atoms with E-state index < -0.39 is 11.8 Å². The Bertz CT molecular complexity index is 554. The van der Waals surface area contributed by atoms with Crippen LogP contribution in [0, 0.1) is 0 Å². The van der Waals surface area contributed by atoms with Gasteiger partial charge in [-0.1, -0.05) is 11.6 Å². The molecule has 0 saturated carbocycles. The Labute approximate surface area is 128 Å². The minimum absolute atomic E-state index is 0.0866. The summed E-state index contributed by atoms with van der Waals surface area (Å²) in [6.07, 6.45) is -0.173. The van der Waals surface area contributed by atoms with Crippen LogP contribution in [0.1, 0.15) is 13.8 Å². The number of ether oxygens (including phenoxy) is 1. The average molecular weight is 312 g/mol. The molecule has 7 heteroatoms. The summed E-state index contributed by atoms with van der Waals surface area (Å²) in [5, 5.41) is 2.85. The van der Waals surface area contributed by atoms with E-state index in [0.717, 1.165) is 0 Å². The lowest BCUT2D eigenvalue weighted by Gasteiger charge is -2.34. The molecule has 2 amide bonds. The molecule has 1 aromatic rings. The van der Waals surface area contributed by atoms with Gasteiger partial charge >= 0.3 is 11.8 Å². The lowest BCUT2D eigenvalue weighted by atomic mass is 10.2. The second-order valence-electron chi connectivity index (χ2n) is 5.16. The van der Waals surface area contributed by atoms with Gasteiger partial charge in [0.25, 0.3) is 0 Å². The Hall–Kier alpha value is -1.79. The van der Waals surface area contributed by atoms with Gasteiger partial charge in [0, 0.05) is 18.8 Å². The normalized spacial score (nSPS) is 22.0. The van der Waals surface area contributed by atoms with E-state index in [4.69, 9.17) is 22.1 Å². The van der Waals surface area contributed by atoms with Gasteiger partial charge in [-0.3, -0.25) is 9.59 Å². The zero-order valence-electron chi connectivity index (χ0n) is 11.9. The Balaban J connectivity index is 2.02. The first-order valence-corrected chi connectivity index (χ1v) is 7.05. The van der Waals surface area contributed by atoms with Crippen LogP contribution in [0.5, 0.6) is 0 Å². The van der Waals surface area contributed by atoms with E-state index >= 15 is 0 Å². The highest BCUT2D eigenvalue weighted by Gasteiger charge is 2.29. The molecule has 114 valence electrons. The van der Waals surface area contributed by atoms with Gasteiger partial charge in [-0.25, -0.2) is 0 Å². The number of rotatable bonds is 1. The van der Waals surface area contributed by atoms with Crippen molar-refractivity contribution in [3.8, 4) is 0 Å². The van der Waals surface area contributed by atoms with E-state index in [1.54, 1.807) is 12.1 Å². The van der Waals surface area contributed by atoms with E-state index in [1.165, 1.54) is 11.0 Å². The summed E-state index contributed by atoms with van der Waals surface area (Å²) in [5.74, 6) is -1.28.